The normalized spacial score (nSPS) is 10.3. The van der Waals surface area contributed by atoms with Crippen molar-refractivity contribution >= 4 is 27.5 Å². The fourth-order valence-corrected chi connectivity index (χ4v) is 2.32. The maximum Gasteiger partial charge on any atom is 0.228 e. The summed E-state index contributed by atoms with van der Waals surface area (Å²) < 4.78 is 14.2. The second-order valence-electron chi connectivity index (χ2n) is 4.30. The predicted molar refractivity (Wildman–Crippen MR) is 77.6 cm³/mol. The molecule has 0 atom stereocenters. The van der Waals surface area contributed by atoms with Gasteiger partial charge in [-0.15, -0.1) is 0 Å². The van der Waals surface area contributed by atoms with Crippen LogP contribution in [0, 0.1) is 12.7 Å². The van der Waals surface area contributed by atoms with E-state index in [2.05, 4.69) is 21.2 Å². The first-order valence-electron chi connectivity index (χ1n) is 5.85. The quantitative estimate of drug-likeness (QED) is 0.906. The molecular formula is C15H13BrFNO. The molecule has 0 aromatic heterocycles. The fourth-order valence-electron chi connectivity index (χ4n) is 1.73. The zero-order chi connectivity index (χ0) is 13.8. The Balaban J connectivity index is 2.08. The van der Waals surface area contributed by atoms with Crippen molar-refractivity contribution in [2.45, 2.75) is 13.3 Å². The Bertz CT molecular complexity index is 613. The van der Waals surface area contributed by atoms with Crippen LogP contribution in [0.2, 0.25) is 0 Å². The van der Waals surface area contributed by atoms with Crippen LogP contribution >= 0.6 is 15.9 Å². The molecule has 2 rings (SSSR count). The van der Waals surface area contributed by atoms with Crippen LogP contribution in [-0.2, 0) is 11.2 Å². The van der Waals surface area contributed by atoms with E-state index in [1.807, 2.05) is 25.1 Å². The molecule has 0 aliphatic heterocycles. The number of aryl methyl sites for hydroxylation is 1. The summed E-state index contributed by atoms with van der Waals surface area (Å²) in [7, 11) is 0. The second kappa shape index (κ2) is 5.97. The highest BCUT2D eigenvalue weighted by molar-refractivity contribution is 9.10. The van der Waals surface area contributed by atoms with Crippen molar-refractivity contribution in [3.8, 4) is 0 Å². The van der Waals surface area contributed by atoms with E-state index in [1.54, 1.807) is 18.2 Å². The van der Waals surface area contributed by atoms with Crippen LogP contribution < -0.4 is 5.32 Å². The van der Waals surface area contributed by atoms with Gasteiger partial charge < -0.3 is 5.32 Å². The van der Waals surface area contributed by atoms with Gasteiger partial charge in [-0.25, -0.2) is 4.39 Å². The number of amides is 1. The van der Waals surface area contributed by atoms with Gasteiger partial charge in [0.2, 0.25) is 5.91 Å². The third kappa shape index (κ3) is 3.64. The van der Waals surface area contributed by atoms with Crippen molar-refractivity contribution in [2.75, 3.05) is 5.32 Å². The molecule has 4 heteroatoms. The number of carbonyl (C=O) groups is 1. The number of hydrogen-bond acceptors (Lipinski definition) is 1. The molecule has 0 fully saturated rings. The first kappa shape index (κ1) is 13.7. The predicted octanol–water partition coefficient (Wildman–Crippen LogP) is 4.08. The molecule has 19 heavy (non-hydrogen) atoms. The van der Waals surface area contributed by atoms with Gasteiger partial charge in [-0.2, -0.15) is 0 Å². The molecule has 0 saturated carbocycles. The summed E-state index contributed by atoms with van der Waals surface area (Å²) >= 11 is 3.39. The molecule has 0 aliphatic rings. The molecular weight excluding hydrogens is 309 g/mol. The smallest absolute Gasteiger partial charge is 0.228 e. The molecule has 1 amide bonds. The SMILES string of the molecule is Cc1ccc(NC(=O)Cc2ccccc2F)c(Br)c1. The standard InChI is InChI=1S/C15H13BrFNO/c1-10-6-7-14(12(16)8-10)18-15(19)9-11-4-2-3-5-13(11)17/h2-8H,9H2,1H3,(H,18,19). The highest BCUT2D eigenvalue weighted by atomic mass is 79.9. The molecule has 98 valence electrons. The molecule has 1 N–H and O–H groups in total. The third-order valence-corrected chi connectivity index (χ3v) is 3.36. The molecule has 0 aliphatic carbocycles. The van der Waals surface area contributed by atoms with Crippen molar-refractivity contribution in [3.63, 3.8) is 0 Å². The highest BCUT2D eigenvalue weighted by Gasteiger charge is 2.09. The van der Waals surface area contributed by atoms with E-state index in [0.717, 1.165) is 10.0 Å². The van der Waals surface area contributed by atoms with Crippen LogP contribution in [0.4, 0.5) is 10.1 Å². The van der Waals surface area contributed by atoms with Gasteiger partial charge in [0.1, 0.15) is 5.82 Å². The average molecular weight is 322 g/mol. The number of nitrogens with one attached hydrogen (secondary N) is 1. The fraction of sp³-hybridized carbons (Fsp3) is 0.133. The van der Waals surface area contributed by atoms with Crippen LogP contribution in [-0.4, -0.2) is 5.91 Å². The Morgan fingerprint density at radius 1 is 1.26 bits per heavy atom. The first-order valence-corrected chi connectivity index (χ1v) is 6.65. The first-order chi connectivity index (χ1) is 9.06. The zero-order valence-electron chi connectivity index (χ0n) is 10.4. The summed E-state index contributed by atoms with van der Waals surface area (Å²) in [5.74, 6) is -0.602. The minimum Gasteiger partial charge on any atom is -0.325 e. The van der Waals surface area contributed by atoms with Crippen molar-refractivity contribution < 1.29 is 9.18 Å². The summed E-state index contributed by atoms with van der Waals surface area (Å²) in [5, 5.41) is 2.76. The van der Waals surface area contributed by atoms with Gasteiger partial charge in [0.25, 0.3) is 0 Å². The summed E-state index contributed by atoms with van der Waals surface area (Å²) in [6.07, 6.45) is 0.0208. The van der Waals surface area contributed by atoms with E-state index in [-0.39, 0.29) is 18.1 Å². The molecule has 2 aromatic rings. The van der Waals surface area contributed by atoms with Gasteiger partial charge in [-0.3, -0.25) is 4.79 Å². The summed E-state index contributed by atoms with van der Waals surface area (Å²) in [5.41, 5.74) is 2.18. The third-order valence-electron chi connectivity index (χ3n) is 2.71. The van der Waals surface area contributed by atoms with E-state index < -0.39 is 0 Å². The lowest BCUT2D eigenvalue weighted by Crippen LogP contribution is -2.15. The van der Waals surface area contributed by atoms with E-state index in [0.29, 0.717) is 11.3 Å². The van der Waals surface area contributed by atoms with Gasteiger partial charge in [-0.05, 0) is 52.2 Å². The highest BCUT2D eigenvalue weighted by Crippen LogP contribution is 2.23. The maximum atomic E-state index is 13.4. The molecule has 0 heterocycles. The Kier molecular flexibility index (Phi) is 4.32. The minimum atomic E-state index is -0.361. The van der Waals surface area contributed by atoms with E-state index in [4.69, 9.17) is 0 Å². The topological polar surface area (TPSA) is 29.1 Å². The molecule has 0 radical (unpaired) electrons. The maximum absolute atomic E-state index is 13.4. The number of halogens is 2. The Hall–Kier alpha value is -1.68. The van der Waals surface area contributed by atoms with Crippen molar-refractivity contribution in [1.29, 1.82) is 0 Å². The molecule has 0 bridgehead atoms. The number of rotatable bonds is 3. The molecule has 2 nitrogen and oxygen atoms in total. The van der Waals surface area contributed by atoms with Crippen LogP contribution in [0.15, 0.2) is 46.9 Å². The van der Waals surface area contributed by atoms with Crippen LogP contribution in [0.25, 0.3) is 0 Å². The van der Waals surface area contributed by atoms with Crippen LogP contribution in [0.5, 0.6) is 0 Å². The molecule has 0 saturated heterocycles. The Morgan fingerprint density at radius 2 is 2.00 bits per heavy atom. The number of benzene rings is 2. The van der Waals surface area contributed by atoms with Crippen molar-refractivity contribution in [1.82, 2.24) is 0 Å². The minimum absolute atomic E-state index is 0.0208. The van der Waals surface area contributed by atoms with Gasteiger partial charge in [0.15, 0.2) is 0 Å². The second-order valence-corrected chi connectivity index (χ2v) is 5.15. The van der Waals surface area contributed by atoms with E-state index in [1.165, 1.54) is 6.07 Å². The van der Waals surface area contributed by atoms with E-state index >= 15 is 0 Å². The summed E-state index contributed by atoms with van der Waals surface area (Å²) in [6, 6.07) is 11.9. The molecule has 0 spiro atoms. The van der Waals surface area contributed by atoms with Gasteiger partial charge in [0.05, 0.1) is 12.1 Å². The van der Waals surface area contributed by atoms with Gasteiger partial charge >= 0.3 is 0 Å². The van der Waals surface area contributed by atoms with Crippen LogP contribution in [0.1, 0.15) is 11.1 Å². The average Bonchev–Trinajstić information content (AvgIpc) is 2.36. The monoisotopic (exact) mass is 321 g/mol. The van der Waals surface area contributed by atoms with Gasteiger partial charge in [0, 0.05) is 4.47 Å². The summed E-state index contributed by atoms with van der Waals surface area (Å²) in [4.78, 5) is 11.9. The number of hydrogen-bond donors (Lipinski definition) is 1. The lowest BCUT2D eigenvalue weighted by molar-refractivity contribution is -0.115. The Labute approximate surface area is 119 Å². The molecule has 2 aromatic carbocycles. The van der Waals surface area contributed by atoms with Gasteiger partial charge in [-0.1, -0.05) is 24.3 Å². The Morgan fingerprint density at radius 3 is 2.68 bits per heavy atom. The lowest BCUT2D eigenvalue weighted by atomic mass is 10.1. The number of anilines is 1. The molecule has 0 unspecified atom stereocenters. The lowest BCUT2D eigenvalue weighted by Gasteiger charge is -2.08. The number of carbonyl (C=O) groups excluding carboxylic acids is 1. The van der Waals surface area contributed by atoms with Crippen LogP contribution in [0.3, 0.4) is 0 Å². The van der Waals surface area contributed by atoms with E-state index in [9.17, 15) is 9.18 Å². The summed E-state index contributed by atoms with van der Waals surface area (Å²) in [6.45, 7) is 1.97. The largest absolute Gasteiger partial charge is 0.325 e. The van der Waals surface area contributed by atoms with Crippen molar-refractivity contribution in [3.05, 3.63) is 63.9 Å². The zero-order valence-corrected chi connectivity index (χ0v) is 12.0. The van der Waals surface area contributed by atoms with Crippen molar-refractivity contribution in [2.24, 2.45) is 0 Å².